The lowest BCUT2D eigenvalue weighted by Crippen LogP contribution is -2.54. The molecule has 1 aromatic heterocycles. The number of methoxy groups -OCH3 is 1. The second-order valence-electron chi connectivity index (χ2n) is 9.20. The highest BCUT2D eigenvalue weighted by molar-refractivity contribution is 5.96. The Labute approximate surface area is 205 Å². The molecular formula is C28H31N3O4. The largest absolute Gasteiger partial charge is 0.497 e. The molecule has 35 heavy (non-hydrogen) atoms. The Kier molecular flexibility index (Phi) is 6.86. The fraction of sp³-hybridized carbons (Fsp3) is 0.357. The fourth-order valence-corrected chi connectivity index (χ4v) is 5.05. The molecule has 3 aromatic rings. The normalized spacial score (nSPS) is 18.6. The van der Waals surface area contributed by atoms with Gasteiger partial charge in [0.05, 0.1) is 13.4 Å². The molecule has 2 aliphatic heterocycles. The van der Waals surface area contributed by atoms with E-state index in [4.69, 9.17) is 9.15 Å². The van der Waals surface area contributed by atoms with E-state index in [2.05, 4.69) is 23.1 Å². The number of hydrogen-bond acceptors (Lipinski definition) is 5. The van der Waals surface area contributed by atoms with Crippen molar-refractivity contribution in [2.75, 3.05) is 33.3 Å². The molecule has 3 heterocycles. The van der Waals surface area contributed by atoms with Crippen LogP contribution in [0.1, 0.15) is 33.7 Å². The molecule has 7 heteroatoms. The molecule has 1 unspecified atom stereocenters. The third-order valence-electron chi connectivity index (χ3n) is 6.99. The highest BCUT2D eigenvalue weighted by Crippen LogP contribution is 2.27. The van der Waals surface area contributed by atoms with Crippen LogP contribution in [0.2, 0.25) is 0 Å². The van der Waals surface area contributed by atoms with Crippen molar-refractivity contribution in [2.45, 2.75) is 32.0 Å². The topological polar surface area (TPSA) is 66.2 Å². The molecule has 0 aliphatic carbocycles. The maximum absolute atomic E-state index is 13.8. The average Bonchev–Trinajstić information content (AvgIpc) is 3.34. The minimum Gasteiger partial charge on any atom is -0.497 e. The number of furan rings is 1. The molecule has 0 bridgehead atoms. The number of nitrogens with zero attached hydrogens (tertiary/aromatic N) is 3. The Morgan fingerprint density at radius 1 is 0.943 bits per heavy atom. The molecule has 5 rings (SSSR count). The van der Waals surface area contributed by atoms with E-state index in [0.29, 0.717) is 26.1 Å². The first-order chi connectivity index (χ1) is 17.1. The summed E-state index contributed by atoms with van der Waals surface area (Å²) in [5, 5.41) is 0. The summed E-state index contributed by atoms with van der Waals surface area (Å²) < 4.78 is 10.6. The van der Waals surface area contributed by atoms with E-state index in [9.17, 15) is 9.59 Å². The number of amides is 2. The van der Waals surface area contributed by atoms with E-state index in [1.807, 2.05) is 35.2 Å². The van der Waals surface area contributed by atoms with E-state index in [0.717, 1.165) is 42.9 Å². The van der Waals surface area contributed by atoms with Gasteiger partial charge in [-0.3, -0.25) is 14.5 Å². The zero-order chi connectivity index (χ0) is 24.2. The summed E-state index contributed by atoms with van der Waals surface area (Å²) in [6.07, 6.45) is 2.92. The Bertz CT molecular complexity index is 1160. The predicted octanol–water partition coefficient (Wildman–Crippen LogP) is 3.59. The van der Waals surface area contributed by atoms with Gasteiger partial charge in [-0.15, -0.1) is 0 Å². The van der Waals surface area contributed by atoms with Crippen molar-refractivity contribution >= 4 is 11.8 Å². The zero-order valence-electron chi connectivity index (χ0n) is 20.1. The molecule has 2 aromatic carbocycles. The van der Waals surface area contributed by atoms with Gasteiger partial charge in [-0.05, 0) is 47.4 Å². The number of hydrogen-bond donors (Lipinski definition) is 0. The summed E-state index contributed by atoms with van der Waals surface area (Å²) in [4.78, 5) is 33.1. The van der Waals surface area contributed by atoms with Gasteiger partial charge in [0.1, 0.15) is 11.8 Å². The van der Waals surface area contributed by atoms with Crippen LogP contribution in [0, 0.1) is 0 Å². The van der Waals surface area contributed by atoms with Crippen LogP contribution in [0.3, 0.4) is 0 Å². The molecule has 0 saturated carbocycles. The molecule has 0 spiro atoms. The molecule has 7 nitrogen and oxygen atoms in total. The van der Waals surface area contributed by atoms with Crippen LogP contribution in [0.4, 0.5) is 0 Å². The number of rotatable bonds is 5. The lowest BCUT2D eigenvalue weighted by atomic mass is 9.92. The number of ether oxygens (including phenoxy) is 1. The molecule has 2 amide bonds. The SMILES string of the molecule is COc1ccc(CN2CCCN(C(=O)C3Cc4ccccc4CN3C(=O)c3ccco3)CC2)cc1. The molecule has 0 N–H and O–H groups in total. The number of carbonyl (C=O) groups excluding carboxylic acids is 2. The van der Waals surface area contributed by atoms with E-state index < -0.39 is 6.04 Å². The second kappa shape index (κ2) is 10.4. The van der Waals surface area contributed by atoms with E-state index in [-0.39, 0.29) is 17.6 Å². The number of fused-ring (bicyclic) bond motifs is 1. The van der Waals surface area contributed by atoms with Crippen molar-refractivity contribution in [1.29, 1.82) is 0 Å². The van der Waals surface area contributed by atoms with E-state index >= 15 is 0 Å². The quantitative estimate of drug-likeness (QED) is 0.567. The minimum atomic E-state index is -0.532. The van der Waals surface area contributed by atoms with Crippen LogP contribution >= 0.6 is 0 Å². The van der Waals surface area contributed by atoms with Gasteiger partial charge >= 0.3 is 0 Å². The van der Waals surface area contributed by atoms with Crippen LogP contribution in [0.25, 0.3) is 0 Å². The first-order valence-corrected chi connectivity index (χ1v) is 12.2. The molecule has 2 aliphatic rings. The van der Waals surface area contributed by atoms with Gasteiger partial charge in [0.2, 0.25) is 5.91 Å². The van der Waals surface area contributed by atoms with Crippen LogP contribution < -0.4 is 4.74 Å². The lowest BCUT2D eigenvalue weighted by Gasteiger charge is -2.38. The average molecular weight is 474 g/mol. The molecule has 0 radical (unpaired) electrons. The predicted molar refractivity (Wildman–Crippen MR) is 132 cm³/mol. The Morgan fingerprint density at radius 3 is 2.49 bits per heavy atom. The third kappa shape index (κ3) is 5.10. The lowest BCUT2D eigenvalue weighted by molar-refractivity contribution is -0.136. The van der Waals surface area contributed by atoms with Crippen LogP contribution in [0.5, 0.6) is 5.75 Å². The van der Waals surface area contributed by atoms with Crippen LogP contribution in [0.15, 0.2) is 71.3 Å². The Hall–Kier alpha value is -3.58. The third-order valence-corrected chi connectivity index (χ3v) is 6.99. The zero-order valence-corrected chi connectivity index (χ0v) is 20.1. The highest BCUT2D eigenvalue weighted by Gasteiger charge is 2.38. The van der Waals surface area contributed by atoms with Crippen molar-refractivity contribution < 1.29 is 18.7 Å². The molecule has 182 valence electrons. The van der Waals surface area contributed by atoms with Gasteiger partial charge in [-0.2, -0.15) is 0 Å². The van der Waals surface area contributed by atoms with Crippen LogP contribution in [-0.2, 0) is 24.3 Å². The van der Waals surface area contributed by atoms with Gasteiger partial charge in [-0.1, -0.05) is 36.4 Å². The Morgan fingerprint density at radius 2 is 1.74 bits per heavy atom. The maximum Gasteiger partial charge on any atom is 0.290 e. The van der Waals surface area contributed by atoms with Crippen molar-refractivity contribution in [1.82, 2.24) is 14.7 Å². The molecule has 1 saturated heterocycles. The van der Waals surface area contributed by atoms with Crippen molar-refractivity contribution in [3.8, 4) is 5.75 Å². The summed E-state index contributed by atoms with van der Waals surface area (Å²) in [7, 11) is 1.67. The summed E-state index contributed by atoms with van der Waals surface area (Å²) in [5.74, 6) is 0.900. The smallest absolute Gasteiger partial charge is 0.290 e. The Balaban J connectivity index is 1.29. The number of benzene rings is 2. The molecule has 1 atom stereocenters. The maximum atomic E-state index is 13.8. The minimum absolute atomic E-state index is 0.0192. The summed E-state index contributed by atoms with van der Waals surface area (Å²) >= 11 is 0. The van der Waals surface area contributed by atoms with Crippen molar-refractivity contribution in [3.63, 3.8) is 0 Å². The monoisotopic (exact) mass is 473 g/mol. The molecule has 1 fully saturated rings. The standard InChI is InChI=1S/C28H31N3O4/c1-34-24-11-9-21(10-12-24)19-29-13-5-14-30(16-15-29)27(32)25-18-22-6-2-3-7-23(22)20-31(25)28(33)26-8-4-17-35-26/h2-4,6-12,17,25H,5,13-16,18-20H2,1H3. The van der Waals surface area contributed by atoms with Crippen molar-refractivity contribution in [3.05, 3.63) is 89.4 Å². The summed E-state index contributed by atoms with van der Waals surface area (Å²) in [6.45, 7) is 4.32. The van der Waals surface area contributed by atoms with Gasteiger partial charge in [0.25, 0.3) is 5.91 Å². The summed E-state index contributed by atoms with van der Waals surface area (Å²) in [6, 6.07) is 19.0. The van der Waals surface area contributed by atoms with Crippen LogP contribution in [-0.4, -0.2) is 65.8 Å². The second-order valence-corrected chi connectivity index (χ2v) is 9.20. The fourth-order valence-electron chi connectivity index (χ4n) is 5.05. The van der Waals surface area contributed by atoms with Gasteiger partial charge in [0, 0.05) is 45.7 Å². The van der Waals surface area contributed by atoms with E-state index in [1.165, 1.54) is 11.8 Å². The van der Waals surface area contributed by atoms with E-state index in [1.54, 1.807) is 24.1 Å². The van der Waals surface area contributed by atoms with Gasteiger partial charge in [-0.25, -0.2) is 0 Å². The highest BCUT2D eigenvalue weighted by atomic mass is 16.5. The summed E-state index contributed by atoms with van der Waals surface area (Å²) in [5.41, 5.74) is 3.44. The van der Waals surface area contributed by atoms with Crippen molar-refractivity contribution in [2.24, 2.45) is 0 Å². The molecular weight excluding hydrogens is 442 g/mol. The number of carbonyl (C=O) groups is 2. The first-order valence-electron chi connectivity index (χ1n) is 12.2. The van der Waals surface area contributed by atoms with Gasteiger partial charge < -0.3 is 19.0 Å². The first kappa shape index (κ1) is 23.2. The van der Waals surface area contributed by atoms with Gasteiger partial charge in [0.15, 0.2) is 5.76 Å².